The molecule has 0 spiro atoms. The zero-order valence-corrected chi connectivity index (χ0v) is 30.9. The molecule has 0 aliphatic heterocycles. The van der Waals surface area contributed by atoms with Crippen molar-refractivity contribution in [3.05, 3.63) is 35.9 Å². The number of alkyl carbamates (subject to hydrolysis) is 1. The van der Waals surface area contributed by atoms with Crippen LogP contribution >= 0.6 is 7.82 Å². The number of carbonyl (C=O) groups is 3. The van der Waals surface area contributed by atoms with E-state index in [1.165, 1.54) is 38.5 Å². The zero-order chi connectivity index (χ0) is 35.0. The van der Waals surface area contributed by atoms with Crippen LogP contribution in [0.1, 0.15) is 124 Å². The zero-order valence-electron chi connectivity index (χ0n) is 30.0. The van der Waals surface area contributed by atoms with Crippen molar-refractivity contribution in [1.29, 1.82) is 0 Å². The van der Waals surface area contributed by atoms with E-state index >= 15 is 0 Å². The Bertz CT molecular complexity index is 1130. The Morgan fingerprint density at radius 3 is 1.83 bits per heavy atom. The molecule has 3 rings (SSSR count). The van der Waals surface area contributed by atoms with Crippen molar-refractivity contribution in [2.75, 3.05) is 19.8 Å². The van der Waals surface area contributed by atoms with Crippen LogP contribution in [-0.2, 0) is 38.9 Å². The van der Waals surface area contributed by atoms with Gasteiger partial charge in [-0.3, -0.25) is 23.2 Å². The van der Waals surface area contributed by atoms with E-state index in [2.05, 4.69) is 10.6 Å². The van der Waals surface area contributed by atoms with Crippen LogP contribution in [0.4, 0.5) is 4.79 Å². The first-order valence-corrected chi connectivity index (χ1v) is 19.7. The first-order chi connectivity index (χ1) is 22.8. The van der Waals surface area contributed by atoms with Gasteiger partial charge in [-0.15, -0.1) is 0 Å². The number of ether oxygens (including phenoxy) is 1. The van der Waals surface area contributed by atoms with Crippen molar-refractivity contribution in [1.82, 2.24) is 10.6 Å². The number of amides is 2. The Morgan fingerprint density at radius 2 is 1.33 bits per heavy atom. The summed E-state index contributed by atoms with van der Waals surface area (Å²) in [5, 5.41) is 5.51. The van der Waals surface area contributed by atoms with Crippen molar-refractivity contribution >= 4 is 25.6 Å². The van der Waals surface area contributed by atoms with Crippen molar-refractivity contribution in [2.24, 2.45) is 17.8 Å². The van der Waals surface area contributed by atoms with Crippen LogP contribution < -0.4 is 10.6 Å². The number of phosphoric acid groups is 1. The highest BCUT2D eigenvalue weighted by Crippen LogP contribution is 2.50. The minimum atomic E-state index is -4.05. The molecule has 1 aromatic rings. The van der Waals surface area contributed by atoms with Gasteiger partial charge in [-0.1, -0.05) is 108 Å². The van der Waals surface area contributed by atoms with Crippen LogP contribution in [0.2, 0.25) is 0 Å². The molecule has 48 heavy (non-hydrogen) atoms. The monoisotopic (exact) mass is 692 g/mol. The van der Waals surface area contributed by atoms with Crippen LogP contribution in [0.25, 0.3) is 0 Å². The molecule has 0 heterocycles. The minimum absolute atomic E-state index is 0.0738. The van der Waals surface area contributed by atoms with E-state index in [9.17, 15) is 18.9 Å². The third-order valence-corrected chi connectivity index (χ3v) is 10.5. The molecule has 272 valence electrons. The van der Waals surface area contributed by atoms with E-state index in [-0.39, 0.29) is 25.6 Å². The summed E-state index contributed by atoms with van der Waals surface area (Å²) in [5.74, 6) is 0.133. The summed E-state index contributed by atoms with van der Waals surface area (Å²) in [4.78, 5) is 39.9. The van der Waals surface area contributed by atoms with Crippen molar-refractivity contribution in [3.63, 3.8) is 0 Å². The molecule has 2 aliphatic carbocycles. The number of nitrogens with one attached hydrogen (secondary N) is 2. The fourth-order valence-electron chi connectivity index (χ4n) is 6.49. The van der Waals surface area contributed by atoms with Crippen LogP contribution in [-0.4, -0.2) is 55.3 Å². The van der Waals surface area contributed by atoms with E-state index in [1.54, 1.807) is 20.8 Å². The molecule has 2 fully saturated rings. The molecule has 0 aromatic heterocycles. The lowest BCUT2D eigenvalue weighted by Gasteiger charge is -2.26. The van der Waals surface area contributed by atoms with Crippen molar-refractivity contribution in [2.45, 2.75) is 142 Å². The van der Waals surface area contributed by atoms with Gasteiger partial charge >= 0.3 is 13.9 Å². The molecule has 0 bridgehead atoms. The Hall–Kier alpha value is -2.26. The predicted molar refractivity (Wildman–Crippen MR) is 188 cm³/mol. The average molecular weight is 693 g/mol. The molecule has 10 nitrogen and oxygen atoms in total. The van der Waals surface area contributed by atoms with E-state index in [4.69, 9.17) is 18.3 Å². The topological polar surface area (TPSA) is 129 Å². The summed E-state index contributed by atoms with van der Waals surface area (Å²) in [7, 11) is -4.05. The molecule has 2 amide bonds. The Labute approximate surface area is 288 Å². The number of Topliss-reactive ketones (excluding diaryl/α,β-unsaturated/α-hetero) is 1. The largest absolute Gasteiger partial charge is 0.475 e. The van der Waals surface area contributed by atoms with Gasteiger partial charge in [0.1, 0.15) is 18.2 Å². The van der Waals surface area contributed by atoms with E-state index in [1.807, 2.05) is 44.2 Å². The highest BCUT2D eigenvalue weighted by Gasteiger charge is 2.33. The number of hydrogen-bond acceptors (Lipinski definition) is 8. The smallest absolute Gasteiger partial charge is 0.444 e. The lowest BCUT2D eigenvalue weighted by atomic mass is 9.87. The molecule has 2 saturated carbocycles. The molecular formula is C37H61N2O8P. The summed E-state index contributed by atoms with van der Waals surface area (Å²) < 4.78 is 36.7. The standard InChI is InChI=1S/C37H61N2O8P/c1-28(2)25-33(39-36(42)47-37(3,4)5)35(41)38-32(26-31-19-13-8-14-20-31)34(40)27-46-48(43,44-23-21-29-15-9-6-10-16-29)45-24-22-30-17-11-7-12-18-30/h8,13-14,19-20,28-30,32-33H,6-7,9-12,15-18,21-27H2,1-5H3,(H,38,41)(H,39,42)/t32-,33-/m0/s1. The van der Waals surface area contributed by atoms with Gasteiger partial charge in [-0.2, -0.15) is 0 Å². The summed E-state index contributed by atoms with van der Waals surface area (Å²) in [6.45, 7) is 9.03. The van der Waals surface area contributed by atoms with Gasteiger partial charge in [-0.25, -0.2) is 9.36 Å². The summed E-state index contributed by atoms with van der Waals surface area (Å²) in [5.41, 5.74) is 0.0871. The molecule has 0 saturated heterocycles. The third-order valence-electron chi connectivity index (χ3n) is 9.07. The number of hydrogen-bond donors (Lipinski definition) is 2. The quantitative estimate of drug-likeness (QED) is 0.139. The van der Waals surface area contributed by atoms with Gasteiger partial charge in [0.15, 0.2) is 5.78 Å². The average Bonchev–Trinajstić information content (AvgIpc) is 3.03. The number of rotatable bonds is 19. The predicted octanol–water partition coefficient (Wildman–Crippen LogP) is 8.32. The first-order valence-electron chi connectivity index (χ1n) is 18.2. The number of ketones is 1. The van der Waals surface area contributed by atoms with Gasteiger partial charge in [-0.05, 0) is 69.8 Å². The van der Waals surface area contributed by atoms with E-state index in [0.717, 1.165) is 44.1 Å². The minimum Gasteiger partial charge on any atom is -0.444 e. The van der Waals surface area contributed by atoms with Crippen molar-refractivity contribution in [3.8, 4) is 0 Å². The highest BCUT2D eigenvalue weighted by atomic mass is 31.2. The molecule has 1 aromatic carbocycles. The van der Waals surface area contributed by atoms with Crippen LogP contribution in [0.5, 0.6) is 0 Å². The van der Waals surface area contributed by atoms with Crippen LogP contribution in [0.3, 0.4) is 0 Å². The summed E-state index contributed by atoms with van der Waals surface area (Å²) in [6, 6.07) is 7.38. The van der Waals surface area contributed by atoms with Gasteiger partial charge in [0.2, 0.25) is 5.91 Å². The van der Waals surface area contributed by atoms with Gasteiger partial charge < -0.3 is 15.4 Å². The van der Waals surface area contributed by atoms with Crippen LogP contribution in [0.15, 0.2) is 30.3 Å². The van der Waals surface area contributed by atoms with Crippen LogP contribution in [0, 0.1) is 17.8 Å². The van der Waals surface area contributed by atoms with Gasteiger partial charge in [0.05, 0.1) is 19.3 Å². The Kier molecular flexibility index (Phi) is 17.1. The molecule has 0 unspecified atom stereocenters. The maximum absolute atomic E-state index is 13.9. The van der Waals surface area contributed by atoms with E-state index in [0.29, 0.717) is 18.3 Å². The Morgan fingerprint density at radius 1 is 0.792 bits per heavy atom. The second kappa shape index (κ2) is 20.4. The fraction of sp³-hybridized carbons (Fsp3) is 0.757. The lowest BCUT2D eigenvalue weighted by molar-refractivity contribution is -0.130. The lowest BCUT2D eigenvalue weighted by Crippen LogP contribution is -2.53. The molecule has 2 aliphatic rings. The molecular weight excluding hydrogens is 631 g/mol. The Balaban J connectivity index is 1.70. The van der Waals surface area contributed by atoms with Gasteiger partial charge in [0.25, 0.3) is 0 Å². The molecule has 0 radical (unpaired) electrons. The molecule has 11 heteroatoms. The maximum Gasteiger partial charge on any atom is 0.475 e. The number of carbonyl (C=O) groups excluding carboxylic acids is 3. The number of benzene rings is 1. The van der Waals surface area contributed by atoms with Gasteiger partial charge in [0, 0.05) is 0 Å². The maximum atomic E-state index is 13.9. The SMILES string of the molecule is CC(C)C[C@H](NC(=O)OC(C)(C)C)C(=O)N[C@@H](Cc1ccccc1)C(=O)COP(=O)(OCCC1CCCCC1)OCCC1CCCCC1. The third kappa shape index (κ3) is 16.0. The first kappa shape index (κ1) is 40.2. The highest BCUT2D eigenvalue weighted by molar-refractivity contribution is 7.48. The van der Waals surface area contributed by atoms with E-state index < -0.39 is 49.9 Å². The molecule has 2 N–H and O–H groups in total. The second-order valence-electron chi connectivity index (χ2n) is 15.0. The molecule has 2 atom stereocenters. The summed E-state index contributed by atoms with van der Waals surface area (Å²) in [6.07, 6.45) is 13.2. The van der Waals surface area contributed by atoms with Crippen molar-refractivity contribution < 1.29 is 37.3 Å². The second-order valence-corrected chi connectivity index (χ2v) is 16.7. The number of phosphoric ester groups is 1. The normalized spacial score (nSPS) is 17.9. The summed E-state index contributed by atoms with van der Waals surface area (Å²) >= 11 is 0. The fourth-order valence-corrected chi connectivity index (χ4v) is 7.66.